The number of pyridine rings is 1. The van der Waals surface area contributed by atoms with E-state index in [1.807, 2.05) is 0 Å². The fourth-order valence-electron chi connectivity index (χ4n) is 3.31. The summed E-state index contributed by atoms with van der Waals surface area (Å²) in [7, 11) is 0. The molecule has 0 radical (unpaired) electrons. The van der Waals surface area contributed by atoms with Crippen molar-refractivity contribution in [3.05, 3.63) is 41.2 Å². The predicted octanol–water partition coefficient (Wildman–Crippen LogP) is 3.75. The molecule has 3 aromatic rings. The van der Waals surface area contributed by atoms with Gasteiger partial charge in [-0.2, -0.15) is 0 Å². The zero-order valence-corrected chi connectivity index (χ0v) is 10.8. The summed E-state index contributed by atoms with van der Waals surface area (Å²) < 4.78 is 2.46. The molecule has 0 aliphatic carbocycles. The first-order valence-electron chi connectivity index (χ1n) is 6.64. The van der Waals surface area contributed by atoms with Crippen molar-refractivity contribution in [2.45, 2.75) is 33.2 Å². The van der Waals surface area contributed by atoms with Crippen molar-refractivity contribution in [2.75, 3.05) is 0 Å². The molecule has 0 bridgehead atoms. The van der Waals surface area contributed by atoms with Crippen molar-refractivity contribution >= 4 is 21.8 Å². The molecule has 0 spiro atoms. The number of aromatic nitrogens is 2. The third kappa shape index (κ3) is 1.10. The van der Waals surface area contributed by atoms with Crippen LogP contribution in [0.25, 0.3) is 21.8 Å². The molecule has 2 heteroatoms. The Hall–Kier alpha value is -1.83. The topological polar surface area (TPSA) is 17.8 Å². The van der Waals surface area contributed by atoms with Gasteiger partial charge in [0.2, 0.25) is 0 Å². The average molecular weight is 236 g/mol. The lowest BCUT2D eigenvalue weighted by molar-refractivity contribution is 0.639. The van der Waals surface area contributed by atoms with Gasteiger partial charge in [-0.3, -0.25) is 4.98 Å². The van der Waals surface area contributed by atoms with E-state index >= 15 is 0 Å². The molecule has 0 amide bonds. The summed E-state index contributed by atoms with van der Waals surface area (Å²) in [5.74, 6) is 0. The highest BCUT2D eigenvalue weighted by Gasteiger charge is 2.20. The van der Waals surface area contributed by atoms with Crippen molar-refractivity contribution < 1.29 is 0 Å². The zero-order chi connectivity index (χ0) is 12.3. The van der Waals surface area contributed by atoms with E-state index in [9.17, 15) is 0 Å². The first-order chi connectivity index (χ1) is 8.77. The van der Waals surface area contributed by atoms with Gasteiger partial charge in [0.15, 0.2) is 0 Å². The van der Waals surface area contributed by atoms with E-state index < -0.39 is 0 Å². The minimum Gasteiger partial charge on any atom is -0.339 e. The van der Waals surface area contributed by atoms with E-state index in [1.165, 1.54) is 45.2 Å². The maximum Gasteiger partial charge on any atom is 0.0713 e. The van der Waals surface area contributed by atoms with Crippen LogP contribution in [0.4, 0.5) is 0 Å². The van der Waals surface area contributed by atoms with E-state index in [1.54, 1.807) is 0 Å². The smallest absolute Gasteiger partial charge is 0.0713 e. The van der Waals surface area contributed by atoms with Gasteiger partial charge in [0.05, 0.1) is 11.2 Å². The molecule has 18 heavy (non-hydrogen) atoms. The molecular formula is C16H16N2. The van der Waals surface area contributed by atoms with Crippen LogP contribution in [-0.4, -0.2) is 9.55 Å². The van der Waals surface area contributed by atoms with E-state index in [0.29, 0.717) is 0 Å². The number of benzene rings is 1. The van der Waals surface area contributed by atoms with Crippen LogP contribution in [0.5, 0.6) is 0 Å². The Bertz CT molecular complexity index is 781. The molecule has 1 aliphatic heterocycles. The van der Waals surface area contributed by atoms with Gasteiger partial charge in [-0.15, -0.1) is 0 Å². The van der Waals surface area contributed by atoms with Crippen molar-refractivity contribution in [1.29, 1.82) is 0 Å². The summed E-state index contributed by atoms with van der Waals surface area (Å²) in [5, 5.41) is 2.81. The Kier molecular flexibility index (Phi) is 1.88. The van der Waals surface area contributed by atoms with Gasteiger partial charge in [-0.25, -0.2) is 0 Å². The van der Waals surface area contributed by atoms with Crippen LogP contribution in [0.1, 0.15) is 23.4 Å². The van der Waals surface area contributed by atoms with Gasteiger partial charge in [0.1, 0.15) is 0 Å². The molecule has 90 valence electrons. The first-order valence-corrected chi connectivity index (χ1v) is 6.64. The summed E-state index contributed by atoms with van der Waals surface area (Å²) in [4.78, 5) is 4.81. The van der Waals surface area contributed by atoms with Gasteiger partial charge in [0, 0.05) is 28.5 Å². The highest BCUT2D eigenvalue weighted by molar-refractivity contribution is 6.10. The molecule has 1 aromatic carbocycles. The highest BCUT2D eigenvalue weighted by Crippen LogP contribution is 2.36. The standard InChI is InChI=1S/C16H16N2/c1-10-11(2)17-13-7-5-9-18-14-8-4-3-6-12(14)15(10)16(13)18/h3-4,6,8H,5,7,9H2,1-2H3. The first kappa shape index (κ1) is 10.1. The van der Waals surface area contributed by atoms with Crippen LogP contribution < -0.4 is 0 Å². The van der Waals surface area contributed by atoms with Crippen LogP contribution in [-0.2, 0) is 13.0 Å². The van der Waals surface area contributed by atoms with Crippen molar-refractivity contribution in [3.8, 4) is 0 Å². The molecule has 1 aliphatic rings. The third-order valence-corrected chi connectivity index (χ3v) is 4.26. The van der Waals surface area contributed by atoms with Crippen LogP contribution in [0, 0.1) is 13.8 Å². The number of para-hydroxylation sites is 1. The summed E-state index contributed by atoms with van der Waals surface area (Å²) in [6, 6.07) is 8.75. The maximum absolute atomic E-state index is 4.81. The summed E-state index contributed by atoms with van der Waals surface area (Å²) in [6.07, 6.45) is 2.32. The Balaban J connectivity index is 2.37. The molecule has 0 saturated heterocycles. The summed E-state index contributed by atoms with van der Waals surface area (Å²) in [5.41, 5.74) is 6.55. The molecule has 0 N–H and O–H groups in total. The molecule has 2 aromatic heterocycles. The van der Waals surface area contributed by atoms with Crippen molar-refractivity contribution in [1.82, 2.24) is 9.55 Å². The molecule has 3 heterocycles. The van der Waals surface area contributed by atoms with Crippen LogP contribution in [0.15, 0.2) is 24.3 Å². The van der Waals surface area contributed by atoms with Crippen molar-refractivity contribution in [2.24, 2.45) is 0 Å². The Morgan fingerprint density at radius 3 is 2.89 bits per heavy atom. The lowest BCUT2D eigenvalue weighted by Crippen LogP contribution is -2.10. The Morgan fingerprint density at radius 1 is 1.17 bits per heavy atom. The number of hydrogen-bond acceptors (Lipinski definition) is 1. The lowest BCUT2D eigenvalue weighted by atomic mass is 10.0. The lowest BCUT2D eigenvalue weighted by Gasteiger charge is -2.17. The maximum atomic E-state index is 4.81. The van der Waals surface area contributed by atoms with Gasteiger partial charge in [-0.05, 0) is 38.3 Å². The fourth-order valence-corrected chi connectivity index (χ4v) is 3.31. The molecule has 2 nitrogen and oxygen atoms in total. The second kappa shape index (κ2) is 3.35. The third-order valence-electron chi connectivity index (χ3n) is 4.26. The largest absolute Gasteiger partial charge is 0.339 e. The molecular weight excluding hydrogens is 220 g/mol. The molecule has 4 rings (SSSR count). The second-order valence-corrected chi connectivity index (χ2v) is 5.26. The number of aryl methyl sites for hydroxylation is 4. The minimum atomic E-state index is 1.12. The average Bonchev–Trinajstić information content (AvgIpc) is 2.73. The fraction of sp³-hybridized carbons (Fsp3) is 0.312. The van der Waals surface area contributed by atoms with Crippen LogP contribution in [0.2, 0.25) is 0 Å². The number of rotatable bonds is 0. The van der Waals surface area contributed by atoms with E-state index in [-0.39, 0.29) is 0 Å². The molecule has 0 unspecified atom stereocenters. The van der Waals surface area contributed by atoms with E-state index in [0.717, 1.165) is 13.0 Å². The van der Waals surface area contributed by atoms with E-state index in [4.69, 9.17) is 4.98 Å². The Labute approximate surface area is 106 Å². The monoisotopic (exact) mass is 236 g/mol. The van der Waals surface area contributed by atoms with Crippen molar-refractivity contribution in [3.63, 3.8) is 0 Å². The number of nitrogens with zero attached hydrogens (tertiary/aromatic N) is 2. The second-order valence-electron chi connectivity index (χ2n) is 5.26. The minimum absolute atomic E-state index is 1.12. The SMILES string of the molecule is Cc1nc2c3c(c1C)c1ccccc1n3CCC2. The van der Waals surface area contributed by atoms with E-state index in [2.05, 4.69) is 42.7 Å². The number of fused-ring (bicyclic) bond motifs is 3. The van der Waals surface area contributed by atoms with Crippen LogP contribution >= 0.6 is 0 Å². The normalized spacial score (nSPS) is 14.6. The van der Waals surface area contributed by atoms with Gasteiger partial charge < -0.3 is 4.57 Å². The predicted molar refractivity (Wildman–Crippen MR) is 75.0 cm³/mol. The van der Waals surface area contributed by atoms with Crippen LogP contribution in [0.3, 0.4) is 0 Å². The summed E-state index contributed by atoms with van der Waals surface area (Å²) >= 11 is 0. The zero-order valence-electron chi connectivity index (χ0n) is 10.8. The number of hydrogen-bond donors (Lipinski definition) is 0. The van der Waals surface area contributed by atoms with Gasteiger partial charge >= 0.3 is 0 Å². The quantitative estimate of drug-likeness (QED) is 0.581. The molecule has 0 fully saturated rings. The molecule has 0 atom stereocenters. The van der Waals surface area contributed by atoms with Gasteiger partial charge in [0.25, 0.3) is 0 Å². The highest BCUT2D eigenvalue weighted by atomic mass is 15.0. The summed E-state index contributed by atoms with van der Waals surface area (Å²) in [6.45, 7) is 5.46. The Morgan fingerprint density at radius 2 is 2.00 bits per heavy atom. The molecule has 0 saturated carbocycles. The van der Waals surface area contributed by atoms with Gasteiger partial charge in [-0.1, -0.05) is 18.2 Å².